The van der Waals surface area contributed by atoms with Crippen molar-refractivity contribution < 1.29 is 0 Å². The summed E-state index contributed by atoms with van der Waals surface area (Å²) in [5.74, 6) is 0. The van der Waals surface area contributed by atoms with Gasteiger partial charge in [-0.3, -0.25) is 0 Å². The average molecular weight is 1350 g/mol. The van der Waals surface area contributed by atoms with Gasteiger partial charge in [0.1, 0.15) is 0 Å². The zero-order valence-corrected chi connectivity index (χ0v) is 58.0. The van der Waals surface area contributed by atoms with E-state index < -0.39 is 0 Å². The Morgan fingerprint density at radius 3 is 0.585 bits per heavy atom. The summed E-state index contributed by atoms with van der Waals surface area (Å²) in [7, 11) is 0. The number of aromatic nitrogens is 4. The van der Waals surface area contributed by atoms with Crippen molar-refractivity contribution in [3.05, 3.63) is 413 Å². The Labute approximate surface area is 614 Å². The van der Waals surface area contributed by atoms with E-state index in [1.54, 1.807) is 0 Å². The van der Waals surface area contributed by atoms with Crippen molar-refractivity contribution in [1.82, 2.24) is 18.3 Å². The summed E-state index contributed by atoms with van der Waals surface area (Å²) in [6, 6.07) is 150. The molecule has 4 heteroatoms. The van der Waals surface area contributed by atoms with Crippen LogP contribution in [0.2, 0.25) is 0 Å². The molecule has 4 aromatic heterocycles. The first-order chi connectivity index (χ1) is 52.6. The molecule has 0 aliphatic rings. The first-order valence-electron chi connectivity index (χ1n) is 36.4. The highest BCUT2D eigenvalue weighted by Gasteiger charge is 2.21. The minimum Gasteiger partial charge on any atom is -0.309 e. The second-order valence-electron chi connectivity index (χ2n) is 27.6. The molecule has 0 fully saturated rings. The van der Waals surface area contributed by atoms with E-state index in [-0.39, 0.29) is 0 Å². The highest BCUT2D eigenvalue weighted by molar-refractivity contribution is 6.15. The van der Waals surface area contributed by atoms with Crippen LogP contribution in [0, 0.1) is 0 Å². The van der Waals surface area contributed by atoms with Gasteiger partial charge in [0.2, 0.25) is 0 Å². The van der Waals surface area contributed by atoms with Gasteiger partial charge in [0.25, 0.3) is 0 Å². The lowest BCUT2D eigenvalue weighted by Gasteiger charge is -2.14. The number of hydrogen-bond donors (Lipinski definition) is 0. The molecule has 0 bridgehead atoms. The Morgan fingerprint density at radius 2 is 0.302 bits per heavy atom. The Balaban J connectivity index is 0.000000141. The molecular weight excluding hydrogens is 1280 g/mol. The van der Waals surface area contributed by atoms with E-state index in [9.17, 15) is 0 Å². The minimum absolute atomic E-state index is 1.15. The maximum Gasteiger partial charge on any atom is 0.0541 e. The number of hydrogen-bond acceptors (Lipinski definition) is 0. The molecule has 0 aliphatic heterocycles. The zero-order chi connectivity index (χ0) is 70.0. The number of fused-ring (bicyclic) bond motifs is 12. The molecule has 0 N–H and O–H groups in total. The van der Waals surface area contributed by atoms with Gasteiger partial charge in [0.05, 0.1) is 44.1 Å². The summed E-state index contributed by atoms with van der Waals surface area (Å²) in [4.78, 5) is 0. The van der Waals surface area contributed by atoms with E-state index in [1.807, 2.05) is 0 Å². The van der Waals surface area contributed by atoms with Crippen LogP contribution in [0.15, 0.2) is 413 Å². The van der Waals surface area contributed by atoms with Crippen molar-refractivity contribution in [1.29, 1.82) is 0 Å². The molecule has 496 valence electrons. The molecule has 21 rings (SSSR count). The molecule has 0 atom stereocenters. The SMILES string of the molecule is c1ccc(-c2cc(-c3ccccc3)cc(-n3c4ccccc4c4cc(-c5ccc6c(c5)c5ccccc5n6-c5ccccc5)ccc43)c2)cc1.c1ccc(-c2ccc(-n3c4ccccc4c4cc(-c5ccc6c(c5)c5ccccc5n6-c5cc(-c6ccccc6)cc(-c6ccccc6)c5)ccc43)cc2)cc1. The molecule has 106 heavy (non-hydrogen) atoms. The van der Waals surface area contributed by atoms with Crippen molar-refractivity contribution in [2.45, 2.75) is 0 Å². The van der Waals surface area contributed by atoms with Crippen LogP contribution in [0.3, 0.4) is 0 Å². The Bertz CT molecular complexity index is 6770. The van der Waals surface area contributed by atoms with Gasteiger partial charge in [0.15, 0.2) is 0 Å². The summed E-state index contributed by atoms with van der Waals surface area (Å²) < 4.78 is 9.64. The molecule has 0 saturated carbocycles. The lowest BCUT2D eigenvalue weighted by atomic mass is 9.98. The third-order valence-corrected chi connectivity index (χ3v) is 21.4. The fourth-order valence-electron chi connectivity index (χ4n) is 16.4. The molecule has 4 nitrogen and oxygen atoms in total. The number of para-hydroxylation sites is 5. The lowest BCUT2D eigenvalue weighted by molar-refractivity contribution is 1.18. The van der Waals surface area contributed by atoms with Gasteiger partial charge in [-0.1, -0.05) is 279 Å². The number of nitrogens with zero attached hydrogens (tertiary/aromatic N) is 4. The summed E-state index contributed by atoms with van der Waals surface area (Å²) >= 11 is 0. The molecule has 0 unspecified atom stereocenters. The van der Waals surface area contributed by atoms with Gasteiger partial charge in [-0.2, -0.15) is 0 Å². The Hall–Kier alpha value is -14.1. The van der Waals surface area contributed by atoms with Crippen molar-refractivity contribution in [2.75, 3.05) is 0 Å². The van der Waals surface area contributed by atoms with Gasteiger partial charge in [-0.25, -0.2) is 0 Å². The highest BCUT2D eigenvalue weighted by atomic mass is 15.0. The molecule has 21 aromatic rings. The van der Waals surface area contributed by atoms with Crippen molar-refractivity contribution in [3.63, 3.8) is 0 Å². The number of rotatable bonds is 11. The summed E-state index contributed by atoms with van der Waals surface area (Å²) in [5, 5.41) is 10.0. The van der Waals surface area contributed by atoms with Crippen LogP contribution < -0.4 is 0 Å². The molecular formula is C102H68N4. The fourth-order valence-corrected chi connectivity index (χ4v) is 16.4. The van der Waals surface area contributed by atoms with Gasteiger partial charge in [-0.15, -0.1) is 0 Å². The third kappa shape index (κ3) is 10.9. The Morgan fingerprint density at radius 1 is 0.104 bits per heavy atom. The van der Waals surface area contributed by atoms with Gasteiger partial charge in [-0.05, 0) is 211 Å². The molecule has 0 spiro atoms. The van der Waals surface area contributed by atoms with Crippen LogP contribution in [-0.4, -0.2) is 18.3 Å². The molecule has 17 aromatic carbocycles. The first kappa shape index (κ1) is 61.8. The van der Waals surface area contributed by atoms with Gasteiger partial charge in [0, 0.05) is 65.8 Å². The predicted octanol–water partition coefficient (Wildman–Crippen LogP) is 27.4. The van der Waals surface area contributed by atoms with Crippen LogP contribution in [0.5, 0.6) is 0 Å². The van der Waals surface area contributed by atoms with Crippen LogP contribution >= 0.6 is 0 Å². The lowest BCUT2D eigenvalue weighted by Crippen LogP contribution is -1.96. The fraction of sp³-hybridized carbons (Fsp3) is 0. The zero-order valence-electron chi connectivity index (χ0n) is 58.0. The van der Waals surface area contributed by atoms with E-state index >= 15 is 0 Å². The number of benzene rings is 17. The van der Waals surface area contributed by atoms with Crippen molar-refractivity contribution >= 4 is 87.2 Å². The summed E-state index contributed by atoms with van der Waals surface area (Å²) in [5.41, 5.74) is 31.1. The third-order valence-electron chi connectivity index (χ3n) is 21.4. The van der Waals surface area contributed by atoms with Crippen LogP contribution in [0.1, 0.15) is 0 Å². The first-order valence-corrected chi connectivity index (χ1v) is 36.4. The second kappa shape index (κ2) is 26.1. The maximum atomic E-state index is 2.44. The Kier molecular flexibility index (Phi) is 15.2. The minimum atomic E-state index is 1.15. The molecule has 0 saturated heterocycles. The highest BCUT2D eigenvalue weighted by Crippen LogP contribution is 2.44. The predicted molar refractivity (Wildman–Crippen MR) is 448 cm³/mol. The quantitative estimate of drug-likeness (QED) is 0.123. The van der Waals surface area contributed by atoms with Crippen LogP contribution in [0.25, 0.3) is 188 Å². The largest absolute Gasteiger partial charge is 0.309 e. The molecule has 0 radical (unpaired) electrons. The second-order valence-corrected chi connectivity index (χ2v) is 27.6. The van der Waals surface area contributed by atoms with E-state index in [4.69, 9.17) is 0 Å². The van der Waals surface area contributed by atoms with Crippen molar-refractivity contribution in [2.24, 2.45) is 0 Å². The van der Waals surface area contributed by atoms with Gasteiger partial charge < -0.3 is 18.3 Å². The van der Waals surface area contributed by atoms with Crippen LogP contribution in [-0.2, 0) is 0 Å². The molecule has 0 amide bonds. The van der Waals surface area contributed by atoms with E-state index in [0.717, 1.165) is 17.1 Å². The summed E-state index contributed by atoms with van der Waals surface area (Å²) in [6.07, 6.45) is 0. The van der Waals surface area contributed by atoms with E-state index in [1.165, 1.54) is 171 Å². The summed E-state index contributed by atoms with van der Waals surface area (Å²) in [6.45, 7) is 0. The maximum absolute atomic E-state index is 2.44. The molecule has 0 aliphatic carbocycles. The standard InChI is InChI=1S/C54H36N2.C48H32N2/c1-4-14-37(15-5-1)40-24-28-45(29-25-40)55-51-22-12-10-20-47(51)49-35-41(26-30-53(49)55)42-27-31-54-50(36-42)48-21-11-13-23-52(48)56(54)46-33-43(38-16-6-2-7-17-38)32-44(34-46)39-18-8-3-9-19-39;1-4-14-33(15-5-1)37-28-38(34-16-6-2-7-17-34)30-40(29-37)50-46-23-13-11-21-42(46)44-32-36(25-27-48(44)50)35-24-26-47-43(31-35)41-20-10-12-22-45(41)49(47)39-18-8-3-9-19-39/h1-36H;1-32H. The molecule has 4 heterocycles. The smallest absolute Gasteiger partial charge is 0.0541 e. The van der Waals surface area contributed by atoms with Crippen LogP contribution in [0.4, 0.5) is 0 Å². The normalized spacial score (nSPS) is 11.6. The monoisotopic (exact) mass is 1350 g/mol. The van der Waals surface area contributed by atoms with E-state index in [2.05, 4.69) is 431 Å². The topological polar surface area (TPSA) is 19.7 Å². The van der Waals surface area contributed by atoms with Crippen molar-refractivity contribution in [3.8, 4) is 101 Å². The average Bonchev–Trinajstić information content (AvgIpc) is 1.59. The van der Waals surface area contributed by atoms with E-state index in [0.29, 0.717) is 0 Å². The van der Waals surface area contributed by atoms with Gasteiger partial charge >= 0.3 is 0 Å².